The largest absolute Gasteiger partial charge is 0.492 e. The molecule has 23 heavy (non-hydrogen) atoms. The van der Waals surface area contributed by atoms with E-state index in [0.29, 0.717) is 23.8 Å². The molecule has 2 aromatic rings. The van der Waals surface area contributed by atoms with Crippen molar-refractivity contribution in [1.29, 1.82) is 0 Å². The Balaban J connectivity index is 2.06. The van der Waals surface area contributed by atoms with Gasteiger partial charge in [-0.05, 0) is 63.1 Å². The Labute approximate surface area is 137 Å². The van der Waals surface area contributed by atoms with Crippen LogP contribution in [0.4, 0.5) is 5.69 Å². The number of ether oxygens (including phenoxy) is 2. The Bertz CT molecular complexity index is 682. The van der Waals surface area contributed by atoms with Crippen molar-refractivity contribution in [2.75, 3.05) is 11.9 Å². The van der Waals surface area contributed by atoms with E-state index < -0.39 is 6.10 Å². The standard InChI is InChI=1S/C19H23NO3/c1-5-22-18-12-14(3)9-10-17(18)20-19(21)15(4)23-16-8-6-7-13(2)11-16/h6-12,15H,5H2,1-4H3,(H,20,21). The van der Waals surface area contributed by atoms with Gasteiger partial charge >= 0.3 is 0 Å². The molecule has 1 amide bonds. The molecule has 0 heterocycles. The summed E-state index contributed by atoms with van der Waals surface area (Å²) in [6.45, 7) is 8.15. The fourth-order valence-corrected chi connectivity index (χ4v) is 2.19. The van der Waals surface area contributed by atoms with Gasteiger partial charge in [0.2, 0.25) is 0 Å². The molecule has 0 fully saturated rings. The van der Waals surface area contributed by atoms with Gasteiger partial charge in [0.05, 0.1) is 12.3 Å². The maximum Gasteiger partial charge on any atom is 0.265 e. The van der Waals surface area contributed by atoms with Crippen LogP contribution in [0.25, 0.3) is 0 Å². The lowest BCUT2D eigenvalue weighted by Gasteiger charge is -2.17. The zero-order valence-electron chi connectivity index (χ0n) is 14.1. The Morgan fingerprint density at radius 2 is 1.87 bits per heavy atom. The number of rotatable bonds is 6. The van der Waals surface area contributed by atoms with Gasteiger partial charge in [0.25, 0.3) is 5.91 Å². The number of nitrogens with one attached hydrogen (secondary N) is 1. The molecule has 0 saturated carbocycles. The number of anilines is 1. The van der Waals surface area contributed by atoms with Gasteiger partial charge in [-0.15, -0.1) is 0 Å². The van der Waals surface area contributed by atoms with Crippen LogP contribution in [-0.4, -0.2) is 18.6 Å². The maximum absolute atomic E-state index is 12.4. The van der Waals surface area contributed by atoms with Crippen LogP contribution in [0.2, 0.25) is 0 Å². The van der Waals surface area contributed by atoms with Gasteiger partial charge in [-0.3, -0.25) is 4.79 Å². The van der Waals surface area contributed by atoms with E-state index in [4.69, 9.17) is 9.47 Å². The molecule has 4 nitrogen and oxygen atoms in total. The summed E-state index contributed by atoms with van der Waals surface area (Å²) in [5.74, 6) is 1.14. The fourth-order valence-electron chi connectivity index (χ4n) is 2.19. The molecule has 2 aromatic carbocycles. The predicted molar refractivity (Wildman–Crippen MR) is 92.2 cm³/mol. The topological polar surface area (TPSA) is 47.6 Å². The second-order valence-electron chi connectivity index (χ2n) is 5.50. The van der Waals surface area contributed by atoms with Crippen molar-refractivity contribution >= 4 is 11.6 Å². The third-order valence-electron chi connectivity index (χ3n) is 3.37. The third-order valence-corrected chi connectivity index (χ3v) is 3.37. The Morgan fingerprint density at radius 1 is 1.13 bits per heavy atom. The van der Waals surface area contributed by atoms with E-state index in [1.165, 1.54) is 0 Å². The molecule has 0 saturated heterocycles. The van der Waals surface area contributed by atoms with Crippen LogP contribution in [-0.2, 0) is 4.79 Å². The first kappa shape index (κ1) is 16.9. The highest BCUT2D eigenvalue weighted by atomic mass is 16.5. The second-order valence-corrected chi connectivity index (χ2v) is 5.50. The fraction of sp³-hybridized carbons (Fsp3) is 0.316. The highest BCUT2D eigenvalue weighted by Gasteiger charge is 2.17. The number of carbonyl (C=O) groups is 1. The van der Waals surface area contributed by atoms with Gasteiger partial charge < -0.3 is 14.8 Å². The van der Waals surface area contributed by atoms with E-state index in [2.05, 4.69) is 5.32 Å². The number of amides is 1. The first-order valence-corrected chi connectivity index (χ1v) is 7.77. The molecule has 1 N–H and O–H groups in total. The van der Waals surface area contributed by atoms with Crippen molar-refractivity contribution in [2.24, 2.45) is 0 Å². The monoisotopic (exact) mass is 313 g/mol. The van der Waals surface area contributed by atoms with Crippen LogP contribution in [0, 0.1) is 13.8 Å². The Morgan fingerprint density at radius 3 is 2.57 bits per heavy atom. The smallest absolute Gasteiger partial charge is 0.265 e. The van der Waals surface area contributed by atoms with Crippen molar-refractivity contribution in [2.45, 2.75) is 33.8 Å². The average Bonchev–Trinajstić information content (AvgIpc) is 2.50. The molecule has 122 valence electrons. The normalized spacial score (nSPS) is 11.7. The Kier molecular flexibility index (Phi) is 5.63. The summed E-state index contributed by atoms with van der Waals surface area (Å²) in [6.07, 6.45) is -0.604. The minimum absolute atomic E-state index is 0.212. The maximum atomic E-state index is 12.4. The van der Waals surface area contributed by atoms with Gasteiger partial charge in [-0.2, -0.15) is 0 Å². The molecular formula is C19H23NO3. The molecule has 0 aliphatic rings. The Hall–Kier alpha value is -2.49. The average molecular weight is 313 g/mol. The van der Waals surface area contributed by atoms with Crippen LogP contribution in [0.1, 0.15) is 25.0 Å². The van der Waals surface area contributed by atoms with Gasteiger partial charge in [0.15, 0.2) is 6.10 Å². The van der Waals surface area contributed by atoms with Gasteiger partial charge in [-0.25, -0.2) is 0 Å². The molecular weight excluding hydrogens is 290 g/mol. The van der Waals surface area contributed by atoms with Crippen molar-refractivity contribution in [1.82, 2.24) is 0 Å². The molecule has 0 aliphatic carbocycles. The van der Waals surface area contributed by atoms with E-state index in [1.54, 1.807) is 6.92 Å². The molecule has 0 aliphatic heterocycles. The van der Waals surface area contributed by atoms with Gasteiger partial charge in [0.1, 0.15) is 11.5 Å². The van der Waals surface area contributed by atoms with E-state index in [1.807, 2.05) is 63.2 Å². The van der Waals surface area contributed by atoms with Gasteiger partial charge in [0, 0.05) is 0 Å². The zero-order valence-corrected chi connectivity index (χ0v) is 14.1. The molecule has 1 atom stereocenters. The lowest BCUT2D eigenvalue weighted by molar-refractivity contribution is -0.122. The molecule has 2 rings (SSSR count). The molecule has 0 aromatic heterocycles. The lowest BCUT2D eigenvalue weighted by atomic mass is 10.2. The second kappa shape index (κ2) is 7.68. The quantitative estimate of drug-likeness (QED) is 0.873. The van der Waals surface area contributed by atoms with Crippen LogP contribution in [0.5, 0.6) is 11.5 Å². The van der Waals surface area contributed by atoms with Crippen LogP contribution in [0.15, 0.2) is 42.5 Å². The SMILES string of the molecule is CCOc1cc(C)ccc1NC(=O)C(C)Oc1cccc(C)c1. The first-order chi connectivity index (χ1) is 11.0. The highest BCUT2D eigenvalue weighted by Crippen LogP contribution is 2.26. The number of hydrogen-bond acceptors (Lipinski definition) is 3. The molecule has 4 heteroatoms. The van der Waals surface area contributed by atoms with Gasteiger partial charge in [-0.1, -0.05) is 18.2 Å². The summed E-state index contributed by atoms with van der Waals surface area (Å²) in [4.78, 5) is 12.4. The first-order valence-electron chi connectivity index (χ1n) is 7.77. The summed E-state index contributed by atoms with van der Waals surface area (Å²) in [7, 11) is 0. The molecule has 0 bridgehead atoms. The van der Waals surface area contributed by atoms with Crippen LogP contribution >= 0.6 is 0 Å². The third kappa shape index (κ3) is 4.74. The summed E-state index contributed by atoms with van der Waals surface area (Å²) in [5.41, 5.74) is 2.82. The zero-order chi connectivity index (χ0) is 16.8. The lowest BCUT2D eigenvalue weighted by Crippen LogP contribution is -2.30. The van der Waals surface area contributed by atoms with Crippen LogP contribution < -0.4 is 14.8 Å². The number of benzene rings is 2. The molecule has 1 unspecified atom stereocenters. The van der Waals surface area contributed by atoms with Crippen molar-refractivity contribution in [3.63, 3.8) is 0 Å². The van der Waals surface area contributed by atoms with E-state index in [9.17, 15) is 4.79 Å². The number of aryl methyl sites for hydroxylation is 2. The summed E-state index contributed by atoms with van der Waals surface area (Å²) in [5, 5.41) is 2.87. The van der Waals surface area contributed by atoms with Crippen molar-refractivity contribution in [3.05, 3.63) is 53.6 Å². The summed E-state index contributed by atoms with van der Waals surface area (Å²) in [6, 6.07) is 13.3. The summed E-state index contributed by atoms with van der Waals surface area (Å²) < 4.78 is 11.3. The van der Waals surface area contributed by atoms with E-state index >= 15 is 0 Å². The minimum atomic E-state index is -0.604. The van der Waals surface area contributed by atoms with E-state index in [-0.39, 0.29) is 5.91 Å². The number of carbonyl (C=O) groups excluding carboxylic acids is 1. The molecule has 0 radical (unpaired) electrons. The summed E-state index contributed by atoms with van der Waals surface area (Å²) >= 11 is 0. The van der Waals surface area contributed by atoms with Crippen LogP contribution in [0.3, 0.4) is 0 Å². The molecule has 0 spiro atoms. The predicted octanol–water partition coefficient (Wildman–Crippen LogP) is 4.11. The van der Waals surface area contributed by atoms with Crippen molar-refractivity contribution < 1.29 is 14.3 Å². The van der Waals surface area contributed by atoms with Crippen molar-refractivity contribution in [3.8, 4) is 11.5 Å². The highest BCUT2D eigenvalue weighted by molar-refractivity contribution is 5.95. The van der Waals surface area contributed by atoms with E-state index in [0.717, 1.165) is 11.1 Å². The minimum Gasteiger partial charge on any atom is -0.492 e. The number of hydrogen-bond donors (Lipinski definition) is 1.